The summed E-state index contributed by atoms with van der Waals surface area (Å²) >= 11 is 0. The molecule has 0 fully saturated rings. The van der Waals surface area contributed by atoms with Crippen LogP contribution in [0.1, 0.15) is 149 Å². The van der Waals surface area contributed by atoms with Gasteiger partial charge >= 0.3 is 19.8 Å². The first kappa shape index (κ1) is 51.4. The van der Waals surface area contributed by atoms with Crippen molar-refractivity contribution in [2.24, 2.45) is 5.73 Å². The molecule has 54 heavy (non-hydrogen) atoms. The van der Waals surface area contributed by atoms with E-state index in [-0.39, 0.29) is 32.6 Å². The van der Waals surface area contributed by atoms with Crippen LogP contribution in [-0.4, -0.2) is 60.5 Å². The number of unbranched alkanes of at least 4 members (excludes halogenated alkanes) is 12. The zero-order chi connectivity index (χ0) is 39.8. The van der Waals surface area contributed by atoms with Crippen LogP contribution in [0.2, 0.25) is 0 Å². The lowest BCUT2D eigenvalue weighted by Gasteiger charge is -2.19. The molecule has 0 amide bonds. The average Bonchev–Trinajstić information content (AvgIpc) is 3.15. The van der Waals surface area contributed by atoms with Gasteiger partial charge in [0.15, 0.2) is 6.10 Å². The summed E-state index contributed by atoms with van der Waals surface area (Å²) in [6.45, 7) is 3.48. The molecule has 1 unspecified atom stereocenters. The molecule has 0 aromatic rings. The van der Waals surface area contributed by atoms with Crippen molar-refractivity contribution in [1.82, 2.24) is 0 Å². The molecule has 4 N–H and O–H groups in total. The van der Waals surface area contributed by atoms with Crippen LogP contribution in [0.5, 0.6) is 0 Å². The first-order valence-electron chi connectivity index (χ1n) is 20.5. The maximum atomic E-state index is 12.5. The fourth-order valence-corrected chi connectivity index (χ4v) is 5.80. The van der Waals surface area contributed by atoms with Crippen molar-refractivity contribution in [3.63, 3.8) is 0 Å². The van der Waals surface area contributed by atoms with E-state index in [2.05, 4.69) is 44.2 Å². The Morgan fingerprint density at radius 2 is 1.20 bits per heavy atom. The van der Waals surface area contributed by atoms with E-state index in [0.717, 1.165) is 51.4 Å². The van der Waals surface area contributed by atoms with Gasteiger partial charge in [-0.15, -0.1) is 0 Å². The number of phosphoric ester groups is 1. The van der Waals surface area contributed by atoms with Crippen LogP contribution >= 0.6 is 7.82 Å². The fraction of sp³-hybridized carbons (Fsp3) is 0.674. The van der Waals surface area contributed by atoms with Crippen molar-refractivity contribution in [1.29, 1.82) is 0 Å². The second-order valence-corrected chi connectivity index (χ2v) is 14.8. The van der Waals surface area contributed by atoms with Crippen LogP contribution in [0, 0.1) is 0 Å². The van der Waals surface area contributed by atoms with E-state index in [0.29, 0.717) is 25.7 Å². The van der Waals surface area contributed by atoms with Gasteiger partial charge in [0.25, 0.3) is 0 Å². The minimum atomic E-state index is -4.41. The fourth-order valence-electron chi connectivity index (χ4n) is 5.03. The van der Waals surface area contributed by atoms with Crippen LogP contribution in [0.25, 0.3) is 0 Å². The normalized spacial score (nSPS) is 14.7. The van der Waals surface area contributed by atoms with Crippen molar-refractivity contribution < 1.29 is 42.7 Å². The highest BCUT2D eigenvalue weighted by atomic mass is 31.2. The molecule has 3 atom stereocenters. The van der Waals surface area contributed by atoms with Gasteiger partial charge in [0.05, 0.1) is 19.3 Å². The Hall–Kier alpha value is -2.59. The standard InChI is InChI=1S/C43H74NO9P/c1-3-5-7-9-11-12-13-14-15-16-17-18-22-26-30-34-42(46)50-38-41(39-52-54(48,49)51-37-36-44)53-43(47)35-31-27-23-20-19-21-25-29-33-40(45)32-28-24-10-8-6-4-2/h11-12,14-15,20-21,23-25,28-29,33,40-41,45H,3-10,13,16-19,22,26-27,30-32,34-39,44H2,1-2H3,(H,48,49)/b12-11-,15-14-,23-20-,25-21-,28-24-,33-29+/t40-,41+/m0/s1. The highest BCUT2D eigenvalue weighted by Gasteiger charge is 2.25. The molecule has 0 heterocycles. The Balaban J connectivity index is 4.40. The topological polar surface area (TPSA) is 155 Å². The third kappa shape index (κ3) is 37.7. The summed E-state index contributed by atoms with van der Waals surface area (Å²) in [7, 11) is -4.41. The summed E-state index contributed by atoms with van der Waals surface area (Å²) in [6, 6.07) is 0. The van der Waals surface area contributed by atoms with Crippen molar-refractivity contribution in [2.45, 2.75) is 161 Å². The first-order valence-corrected chi connectivity index (χ1v) is 22.0. The lowest BCUT2D eigenvalue weighted by molar-refractivity contribution is -0.161. The number of carbonyl (C=O) groups excluding carboxylic acids is 2. The molecule has 0 bridgehead atoms. The summed E-state index contributed by atoms with van der Waals surface area (Å²) in [5.41, 5.74) is 5.33. The number of phosphoric acid groups is 1. The zero-order valence-corrected chi connectivity index (χ0v) is 34.4. The summed E-state index contributed by atoms with van der Waals surface area (Å²) < 4.78 is 32.6. The van der Waals surface area contributed by atoms with E-state index in [1.807, 2.05) is 36.5 Å². The maximum Gasteiger partial charge on any atom is 0.472 e. The van der Waals surface area contributed by atoms with Crippen LogP contribution in [-0.2, 0) is 32.7 Å². The van der Waals surface area contributed by atoms with Gasteiger partial charge in [-0.1, -0.05) is 132 Å². The van der Waals surface area contributed by atoms with Gasteiger partial charge in [-0.3, -0.25) is 18.6 Å². The zero-order valence-electron chi connectivity index (χ0n) is 33.5. The van der Waals surface area contributed by atoms with Gasteiger partial charge in [-0.05, 0) is 77.0 Å². The van der Waals surface area contributed by atoms with Gasteiger partial charge in [0.1, 0.15) is 6.61 Å². The molecule has 0 rings (SSSR count). The Kier molecular flexibility index (Phi) is 36.8. The summed E-state index contributed by atoms with van der Waals surface area (Å²) in [5.74, 6) is -0.957. The first-order chi connectivity index (χ1) is 26.2. The Labute approximate surface area is 327 Å². The molecule has 0 aliphatic carbocycles. The Morgan fingerprint density at radius 1 is 0.648 bits per heavy atom. The number of aliphatic hydroxyl groups is 1. The number of esters is 2. The lowest BCUT2D eigenvalue weighted by Crippen LogP contribution is -2.29. The molecule has 0 aromatic heterocycles. The largest absolute Gasteiger partial charge is 0.472 e. The third-order valence-electron chi connectivity index (χ3n) is 8.15. The van der Waals surface area contributed by atoms with Crippen molar-refractivity contribution in [3.8, 4) is 0 Å². The Morgan fingerprint density at radius 3 is 1.85 bits per heavy atom. The summed E-state index contributed by atoms with van der Waals surface area (Å²) in [6.07, 6.45) is 42.5. The molecular weight excluding hydrogens is 705 g/mol. The molecule has 0 spiro atoms. The second kappa shape index (κ2) is 38.7. The van der Waals surface area contributed by atoms with Crippen LogP contribution in [0.3, 0.4) is 0 Å². The van der Waals surface area contributed by atoms with E-state index in [4.69, 9.17) is 24.3 Å². The highest BCUT2D eigenvalue weighted by molar-refractivity contribution is 7.47. The monoisotopic (exact) mass is 780 g/mol. The van der Waals surface area contributed by atoms with Gasteiger partial charge in [-0.2, -0.15) is 0 Å². The minimum absolute atomic E-state index is 0.0292. The van der Waals surface area contributed by atoms with Gasteiger partial charge in [0, 0.05) is 19.4 Å². The number of rotatable bonds is 37. The van der Waals surface area contributed by atoms with Crippen LogP contribution in [0.15, 0.2) is 72.9 Å². The molecule has 0 saturated carbocycles. The molecule has 0 aliphatic heterocycles. The maximum absolute atomic E-state index is 12.5. The SMILES string of the molecule is CCCCC/C=C\C/C=C\CCCCCCCC(=O)OC[C@H](COP(=O)(O)OCCN)OC(=O)CCC/C=C\C/C=C\C=C\[C@@H](O)C/C=C\CCCCC. The Bertz CT molecular complexity index is 1130. The average molecular weight is 780 g/mol. The molecule has 0 radical (unpaired) electrons. The summed E-state index contributed by atoms with van der Waals surface area (Å²) in [5, 5.41) is 10.0. The minimum Gasteiger partial charge on any atom is -0.462 e. The van der Waals surface area contributed by atoms with Gasteiger partial charge < -0.3 is 25.2 Å². The molecule has 0 aromatic carbocycles. The van der Waals surface area contributed by atoms with Gasteiger partial charge in [0.2, 0.25) is 0 Å². The predicted octanol–water partition coefficient (Wildman–Crippen LogP) is 10.5. The number of hydrogen-bond acceptors (Lipinski definition) is 9. The number of carbonyl (C=O) groups is 2. The van der Waals surface area contributed by atoms with Crippen molar-refractivity contribution >= 4 is 19.8 Å². The highest BCUT2D eigenvalue weighted by Crippen LogP contribution is 2.43. The number of ether oxygens (including phenoxy) is 2. The molecule has 11 heteroatoms. The number of hydrogen-bond donors (Lipinski definition) is 3. The third-order valence-corrected chi connectivity index (χ3v) is 9.13. The van der Waals surface area contributed by atoms with E-state index in [1.165, 1.54) is 44.9 Å². The van der Waals surface area contributed by atoms with E-state index >= 15 is 0 Å². The molecule has 0 aliphatic rings. The van der Waals surface area contributed by atoms with Crippen molar-refractivity contribution in [3.05, 3.63) is 72.9 Å². The van der Waals surface area contributed by atoms with Crippen LogP contribution in [0.4, 0.5) is 0 Å². The van der Waals surface area contributed by atoms with Crippen LogP contribution < -0.4 is 5.73 Å². The van der Waals surface area contributed by atoms with Crippen molar-refractivity contribution in [2.75, 3.05) is 26.4 Å². The quantitative estimate of drug-likeness (QED) is 0.0182. The van der Waals surface area contributed by atoms with E-state index in [1.54, 1.807) is 6.08 Å². The second-order valence-electron chi connectivity index (χ2n) is 13.3. The number of allylic oxidation sites excluding steroid dienone is 10. The lowest BCUT2D eigenvalue weighted by atomic mass is 10.1. The predicted molar refractivity (Wildman–Crippen MR) is 221 cm³/mol. The smallest absolute Gasteiger partial charge is 0.462 e. The summed E-state index contributed by atoms with van der Waals surface area (Å²) in [4.78, 5) is 34.8. The number of aliphatic hydroxyl groups excluding tert-OH is 1. The molecule has 0 saturated heterocycles. The molecule has 10 nitrogen and oxygen atoms in total. The van der Waals surface area contributed by atoms with E-state index in [9.17, 15) is 24.2 Å². The molecular formula is C43H74NO9P. The molecule has 310 valence electrons. The number of nitrogens with two attached hydrogens (primary N) is 1. The van der Waals surface area contributed by atoms with Gasteiger partial charge in [-0.25, -0.2) is 4.57 Å². The van der Waals surface area contributed by atoms with E-state index < -0.39 is 38.6 Å².